The molecule has 0 radical (unpaired) electrons. The molecule has 1 N–H and O–H groups in total. The highest BCUT2D eigenvalue weighted by Gasteiger charge is 2.34. The van der Waals surface area contributed by atoms with Crippen LogP contribution in [0.3, 0.4) is 0 Å². The van der Waals surface area contributed by atoms with Crippen molar-refractivity contribution in [3.8, 4) is 5.75 Å². The molecule has 4 nitrogen and oxygen atoms in total. The van der Waals surface area contributed by atoms with E-state index < -0.39 is 24.3 Å². The van der Waals surface area contributed by atoms with Crippen LogP contribution in [-0.2, 0) is 17.5 Å². The van der Waals surface area contributed by atoms with Gasteiger partial charge in [-0.3, -0.25) is 4.79 Å². The lowest BCUT2D eigenvalue weighted by molar-refractivity contribution is -0.139. The molecule has 0 aromatic heterocycles. The summed E-state index contributed by atoms with van der Waals surface area (Å²) in [6.07, 6.45) is -3.79. The molecule has 0 bridgehead atoms. The summed E-state index contributed by atoms with van der Waals surface area (Å²) in [7, 11) is 1.99. The van der Waals surface area contributed by atoms with E-state index in [1.165, 1.54) is 23.8 Å². The Bertz CT molecular complexity index is 721. The first kappa shape index (κ1) is 20.8. The minimum atomic E-state index is -4.52. The van der Waals surface area contributed by atoms with Crippen molar-refractivity contribution in [1.82, 2.24) is 10.2 Å². The van der Waals surface area contributed by atoms with Crippen LogP contribution in [0.25, 0.3) is 0 Å². The fourth-order valence-electron chi connectivity index (χ4n) is 2.57. The second-order valence-corrected chi connectivity index (χ2v) is 6.21. The van der Waals surface area contributed by atoms with Gasteiger partial charge >= 0.3 is 6.18 Å². The zero-order valence-electron chi connectivity index (χ0n) is 15.1. The van der Waals surface area contributed by atoms with Gasteiger partial charge in [0.1, 0.15) is 5.75 Å². The Labute approximate surface area is 156 Å². The number of rotatable bonds is 9. The van der Waals surface area contributed by atoms with Crippen LogP contribution in [0.2, 0.25) is 0 Å². The van der Waals surface area contributed by atoms with E-state index in [0.29, 0.717) is 6.54 Å². The van der Waals surface area contributed by atoms with Crippen molar-refractivity contribution in [3.05, 3.63) is 65.7 Å². The quantitative estimate of drug-likeness (QED) is 0.674. The lowest BCUT2D eigenvalue weighted by Crippen LogP contribution is -2.32. The van der Waals surface area contributed by atoms with Gasteiger partial charge in [0.05, 0.1) is 5.56 Å². The first-order valence-electron chi connectivity index (χ1n) is 8.64. The van der Waals surface area contributed by atoms with Gasteiger partial charge in [0.15, 0.2) is 6.61 Å². The van der Waals surface area contributed by atoms with Gasteiger partial charge in [-0.05, 0) is 37.7 Å². The molecule has 0 spiro atoms. The average Bonchev–Trinajstić information content (AvgIpc) is 2.64. The number of alkyl halides is 3. The Kier molecular flexibility index (Phi) is 7.67. The molecule has 27 heavy (non-hydrogen) atoms. The van der Waals surface area contributed by atoms with Crippen molar-refractivity contribution in [2.24, 2.45) is 0 Å². The highest BCUT2D eigenvalue weighted by Crippen LogP contribution is 2.35. The van der Waals surface area contributed by atoms with E-state index in [2.05, 4.69) is 22.3 Å². The molecule has 0 aliphatic heterocycles. The van der Waals surface area contributed by atoms with Gasteiger partial charge in [-0.2, -0.15) is 13.2 Å². The fourth-order valence-corrected chi connectivity index (χ4v) is 2.57. The molecule has 2 aromatic rings. The molecule has 0 saturated carbocycles. The largest absolute Gasteiger partial charge is 0.483 e. The molecule has 0 aliphatic rings. The second kappa shape index (κ2) is 9.97. The van der Waals surface area contributed by atoms with Crippen LogP contribution in [0.1, 0.15) is 17.5 Å². The van der Waals surface area contributed by atoms with E-state index >= 15 is 0 Å². The third-order valence-corrected chi connectivity index (χ3v) is 3.89. The first-order chi connectivity index (χ1) is 12.9. The molecular weight excluding hydrogens is 357 g/mol. The molecular formula is C20H23F3N2O2. The number of nitrogens with one attached hydrogen (secondary N) is 1. The molecule has 146 valence electrons. The van der Waals surface area contributed by atoms with Gasteiger partial charge in [0, 0.05) is 13.1 Å². The van der Waals surface area contributed by atoms with E-state index in [4.69, 9.17) is 4.74 Å². The van der Waals surface area contributed by atoms with Crippen molar-refractivity contribution >= 4 is 5.91 Å². The summed E-state index contributed by atoms with van der Waals surface area (Å²) < 4.78 is 43.6. The third-order valence-electron chi connectivity index (χ3n) is 3.89. The predicted molar refractivity (Wildman–Crippen MR) is 97.3 cm³/mol. The summed E-state index contributed by atoms with van der Waals surface area (Å²) in [6, 6.07) is 14.9. The number of halogens is 3. The standard InChI is InChI=1S/C20H23F3N2O2/c1-25(14-16-8-3-2-4-9-16)13-7-12-24-19(26)15-27-18-11-6-5-10-17(18)20(21,22)23/h2-6,8-11H,7,12-15H2,1H3,(H,24,26). The maximum Gasteiger partial charge on any atom is 0.419 e. The van der Waals surface area contributed by atoms with Crippen molar-refractivity contribution in [1.29, 1.82) is 0 Å². The molecule has 0 atom stereocenters. The average molecular weight is 380 g/mol. The molecule has 7 heteroatoms. The number of nitrogens with zero attached hydrogens (tertiary/aromatic N) is 1. The monoisotopic (exact) mass is 380 g/mol. The Hall–Kier alpha value is -2.54. The number of para-hydroxylation sites is 1. The number of ether oxygens (including phenoxy) is 1. The summed E-state index contributed by atoms with van der Waals surface area (Å²) in [6.45, 7) is 1.58. The van der Waals surface area contributed by atoms with Crippen LogP contribution in [0.5, 0.6) is 5.75 Å². The molecule has 0 unspecified atom stereocenters. The van der Waals surface area contributed by atoms with Crippen LogP contribution < -0.4 is 10.1 Å². The number of carbonyl (C=O) groups excluding carboxylic acids is 1. The molecule has 0 heterocycles. The van der Waals surface area contributed by atoms with Gasteiger partial charge in [-0.15, -0.1) is 0 Å². The van der Waals surface area contributed by atoms with Crippen LogP contribution in [0.4, 0.5) is 13.2 Å². The number of carbonyl (C=O) groups is 1. The Morgan fingerprint density at radius 3 is 2.44 bits per heavy atom. The van der Waals surface area contributed by atoms with E-state index in [1.807, 2.05) is 25.2 Å². The summed E-state index contributed by atoms with van der Waals surface area (Å²) in [4.78, 5) is 13.9. The number of hydrogen-bond acceptors (Lipinski definition) is 3. The van der Waals surface area contributed by atoms with E-state index in [9.17, 15) is 18.0 Å². The van der Waals surface area contributed by atoms with Gasteiger partial charge in [-0.1, -0.05) is 42.5 Å². The summed E-state index contributed by atoms with van der Waals surface area (Å²) in [5, 5.41) is 2.66. The Morgan fingerprint density at radius 1 is 1.07 bits per heavy atom. The first-order valence-corrected chi connectivity index (χ1v) is 8.64. The maximum atomic E-state index is 12.9. The molecule has 0 fully saturated rings. The van der Waals surface area contributed by atoms with Crippen LogP contribution in [0.15, 0.2) is 54.6 Å². The van der Waals surface area contributed by atoms with Crippen LogP contribution >= 0.6 is 0 Å². The summed E-state index contributed by atoms with van der Waals surface area (Å²) >= 11 is 0. The van der Waals surface area contributed by atoms with Gasteiger partial charge in [-0.25, -0.2) is 0 Å². The van der Waals surface area contributed by atoms with E-state index in [0.717, 1.165) is 25.6 Å². The predicted octanol–water partition coefficient (Wildman–Crippen LogP) is 3.72. The normalized spacial score (nSPS) is 11.4. The minimum absolute atomic E-state index is 0.345. The summed E-state index contributed by atoms with van der Waals surface area (Å²) in [5.74, 6) is -0.791. The lowest BCUT2D eigenvalue weighted by Gasteiger charge is -2.17. The molecule has 0 saturated heterocycles. The van der Waals surface area contributed by atoms with Gasteiger partial charge < -0.3 is 15.0 Å². The highest BCUT2D eigenvalue weighted by atomic mass is 19.4. The Balaban J connectivity index is 1.67. The van der Waals surface area contributed by atoms with Crippen LogP contribution in [0, 0.1) is 0 Å². The number of amides is 1. The van der Waals surface area contributed by atoms with Crippen molar-refractivity contribution < 1.29 is 22.7 Å². The molecule has 2 rings (SSSR count). The zero-order chi connectivity index (χ0) is 19.7. The SMILES string of the molecule is CN(CCCNC(=O)COc1ccccc1C(F)(F)F)Cc1ccccc1. The van der Waals surface area contributed by atoms with Crippen molar-refractivity contribution in [2.45, 2.75) is 19.1 Å². The summed E-state index contributed by atoms with van der Waals surface area (Å²) in [5.41, 5.74) is 0.320. The molecule has 2 aromatic carbocycles. The topological polar surface area (TPSA) is 41.6 Å². The highest BCUT2D eigenvalue weighted by molar-refractivity contribution is 5.77. The second-order valence-electron chi connectivity index (χ2n) is 6.21. The van der Waals surface area contributed by atoms with Crippen LogP contribution in [-0.4, -0.2) is 37.6 Å². The number of benzene rings is 2. The third kappa shape index (κ3) is 7.30. The van der Waals surface area contributed by atoms with E-state index in [1.54, 1.807) is 0 Å². The molecule has 0 aliphatic carbocycles. The zero-order valence-corrected chi connectivity index (χ0v) is 15.1. The molecule has 1 amide bonds. The lowest BCUT2D eigenvalue weighted by atomic mass is 10.2. The Morgan fingerprint density at radius 2 is 1.74 bits per heavy atom. The number of hydrogen-bond donors (Lipinski definition) is 1. The van der Waals surface area contributed by atoms with Crippen molar-refractivity contribution in [3.63, 3.8) is 0 Å². The van der Waals surface area contributed by atoms with E-state index in [-0.39, 0.29) is 5.75 Å². The minimum Gasteiger partial charge on any atom is -0.483 e. The maximum absolute atomic E-state index is 12.9. The fraction of sp³-hybridized carbons (Fsp3) is 0.350. The smallest absolute Gasteiger partial charge is 0.419 e. The van der Waals surface area contributed by atoms with Gasteiger partial charge in [0.2, 0.25) is 0 Å². The van der Waals surface area contributed by atoms with Gasteiger partial charge in [0.25, 0.3) is 5.91 Å². The van der Waals surface area contributed by atoms with Crippen molar-refractivity contribution in [2.75, 3.05) is 26.7 Å².